The number of hydrogen-bond donors (Lipinski definition) is 0. The summed E-state index contributed by atoms with van der Waals surface area (Å²) in [6.07, 6.45) is -0.133. The van der Waals surface area contributed by atoms with E-state index in [1.807, 2.05) is 6.92 Å². The van der Waals surface area contributed by atoms with Crippen molar-refractivity contribution in [1.82, 2.24) is 0 Å². The minimum Gasteiger partial charge on any atom is -0.550 e. The molecular formula is C10H10ClO3-. The minimum absolute atomic E-state index is 0.133. The van der Waals surface area contributed by atoms with E-state index < -0.39 is 5.97 Å². The van der Waals surface area contributed by atoms with Gasteiger partial charge in [0.1, 0.15) is 5.75 Å². The van der Waals surface area contributed by atoms with Crippen molar-refractivity contribution in [2.75, 3.05) is 6.61 Å². The molecule has 0 N–H and O–H groups in total. The van der Waals surface area contributed by atoms with Gasteiger partial charge in [-0.25, -0.2) is 0 Å². The van der Waals surface area contributed by atoms with Crippen molar-refractivity contribution in [3.8, 4) is 5.75 Å². The third kappa shape index (κ3) is 2.92. The Kier molecular flexibility index (Phi) is 3.77. The van der Waals surface area contributed by atoms with Crippen LogP contribution in [0, 0.1) is 0 Å². The van der Waals surface area contributed by atoms with Crippen molar-refractivity contribution in [2.24, 2.45) is 0 Å². The van der Waals surface area contributed by atoms with E-state index >= 15 is 0 Å². The Hall–Kier alpha value is -1.22. The summed E-state index contributed by atoms with van der Waals surface area (Å²) in [5.74, 6) is -0.554. The highest BCUT2D eigenvalue weighted by Gasteiger charge is 2.02. The number of benzene rings is 1. The molecule has 0 fully saturated rings. The number of aliphatic carboxylic acids is 1. The highest BCUT2D eigenvalue weighted by atomic mass is 35.5. The molecule has 0 heterocycles. The maximum absolute atomic E-state index is 10.3. The summed E-state index contributed by atoms with van der Waals surface area (Å²) in [6.45, 7) is 2.38. The van der Waals surface area contributed by atoms with Crippen molar-refractivity contribution in [1.29, 1.82) is 0 Å². The molecule has 0 spiro atoms. The average Bonchev–Trinajstić information content (AvgIpc) is 2.09. The first kappa shape index (κ1) is 10.9. The SMILES string of the molecule is CCOc1ccc(CC(=O)[O-])cc1Cl. The standard InChI is InChI=1S/C10H11ClO3/c1-2-14-9-4-3-7(5-8(9)11)6-10(12)13/h3-5H,2,6H2,1H3,(H,12,13)/p-1. The molecule has 0 radical (unpaired) electrons. The molecule has 14 heavy (non-hydrogen) atoms. The molecule has 0 aliphatic rings. The average molecular weight is 214 g/mol. The van der Waals surface area contributed by atoms with Crippen LogP contribution in [0.25, 0.3) is 0 Å². The Labute approximate surface area is 87.3 Å². The molecule has 0 saturated heterocycles. The zero-order valence-corrected chi connectivity index (χ0v) is 8.50. The van der Waals surface area contributed by atoms with Gasteiger partial charge in [-0.3, -0.25) is 0 Å². The van der Waals surface area contributed by atoms with Crippen LogP contribution in [0.4, 0.5) is 0 Å². The van der Waals surface area contributed by atoms with E-state index in [1.165, 1.54) is 0 Å². The summed E-state index contributed by atoms with van der Waals surface area (Å²) >= 11 is 5.85. The Morgan fingerprint density at radius 1 is 1.57 bits per heavy atom. The van der Waals surface area contributed by atoms with Crippen LogP contribution >= 0.6 is 11.6 Å². The third-order valence-corrected chi connectivity index (χ3v) is 1.94. The lowest BCUT2D eigenvalue weighted by Crippen LogP contribution is -2.24. The van der Waals surface area contributed by atoms with Gasteiger partial charge in [0.05, 0.1) is 11.6 Å². The molecule has 0 aliphatic carbocycles. The molecule has 0 bridgehead atoms. The predicted octanol–water partition coefficient (Wildman–Crippen LogP) is 1.03. The van der Waals surface area contributed by atoms with Crippen LogP contribution in [-0.2, 0) is 11.2 Å². The molecule has 1 aromatic carbocycles. The van der Waals surface area contributed by atoms with Crippen LogP contribution in [0.1, 0.15) is 12.5 Å². The fourth-order valence-corrected chi connectivity index (χ4v) is 1.35. The molecule has 0 atom stereocenters. The largest absolute Gasteiger partial charge is 0.550 e. The topological polar surface area (TPSA) is 49.4 Å². The third-order valence-electron chi connectivity index (χ3n) is 1.64. The van der Waals surface area contributed by atoms with E-state index in [0.29, 0.717) is 22.9 Å². The van der Waals surface area contributed by atoms with Crippen molar-refractivity contribution >= 4 is 17.6 Å². The molecule has 4 heteroatoms. The van der Waals surface area contributed by atoms with Crippen LogP contribution in [-0.4, -0.2) is 12.6 Å². The van der Waals surface area contributed by atoms with Crippen LogP contribution in [0.3, 0.4) is 0 Å². The monoisotopic (exact) mass is 213 g/mol. The van der Waals surface area contributed by atoms with Gasteiger partial charge in [0.25, 0.3) is 0 Å². The second kappa shape index (κ2) is 4.86. The Morgan fingerprint density at radius 3 is 2.79 bits per heavy atom. The van der Waals surface area contributed by atoms with Gasteiger partial charge in [0.15, 0.2) is 0 Å². The van der Waals surface area contributed by atoms with Crippen LogP contribution < -0.4 is 9.84 Å². The first-order chi connectivity index (χ1) is 6.63. The smallest absolute Gasteiger partial charge is 0.137 e. The summed E-state index contributed by atoms with van der Waals surface area (Å²) < 4.78 is 5.20. The first-order valence-corrected chi connectivity index (χ1v) is 4.62. The van der Waals surface area contributed by atoms with E-state index in [-0.39, 0.29) is 6.42 Å². The summed E-state index contributed by atoms with van der Waals surface area (Å²) in [4.78, 5) is 10.3. The lowest BCUT2D eigenvalue weighted by Gasteiger charge is -2.07. The minimum atomic E-state index is -1.12. The van der Waals surface area contributed by atoms with Crippen molar-refractivity contribution < 1.29 is 14.6 Å². The number of hydrogen-bond acceptors (Lipinski definition) is 3. The Morgan fingerprint density at radius 2 is 2.29 bits per heavy atom. The van der Waals surface area contributed by atoms with Gasteiger partial charge in [0, 0.05) is 12.4 Å². The molecule has 1 rings (SSSR count). The highest BCUT2D eigenvalue weighted by Crippen LogP contribution is 2.25. The normalized spacial score (nSPS) is 9.86. The molecule has 0 aliphatic heterocycles. The lowest BCUT2D eigenvalue weighted by molar-refractivity contribution is -0.304. The first-order valence-electron chi connectivity index (χ1n) is 4.24. The molecule has 1 aromatic rings. The lowest BCUT2D eigenvalue weighted by atomic mass is 10.1. The zero-order chi connectivity index (χ0) is 10.6. The molecular weight excluding hydrogens is 204 g/mol. The van der Waals surface area contributed by atoms with Crippen molar-refractivity contribution in [2.45, 2.75) is 13.3 Å². The number of halogens is 1. The fraction of sp³-hybridized carbons (Fsp3) is 0.300. The van der Waals surface area contributed by atoms with Gasteiger partial charge in [-0.05, 0) is 24.6 Å². The fourth-order valence-electron chi connectivity index (χ4n) is 1.09. The molecule has 0 amide bonds. The number of carboxylic acids is 1. The summed E-state index contributed by atoms with van der Waals surface area (Å²) in [7, 11) is 0. The molecule has 3 nitrogen and oxygen atoms in total. The molecule has 0 unspecified atom stereocenters. The van der Waals surface area contributed by atoms with Gasteiger partial charge < -0.3 is 14.6 Å². The van der Waals surface area contributed by atoms with E-state index in [2.05, 4.69) is 0 Å². The van der Waals surface area contributed by atoms with Crippen LogP contribution in [0.2, 0.25) is 5.02 Å². The maximum atomic E-state index is 10.3. The summed E-state index contributed by atoms with van der Waals surface area (Å²) in [6, 6.07) is 4.89. The van der Waals surface area contributed by atoms with Gasteiger partial charge in [-0.2, -0.15) is 0 Å². The number of carboxylic acid groups (broad SMARTS) is 1. The van der Waals surface area contributed by atoms with E-state index in [0.717, 1.165) is 0 Å². The number of carbonyl (C=O) groups excluding carboxylic acids is 1. The highest BCUT2D eigenvalue weighted by molar-refractivity contribution is 6.32. The number of carbonyl (C=O) groups is 1. The van der Waals surface area contributed by atoms with Crippen molar-refractivity contribution in [3.63, 3.8) is 0 Å². The van der Waals surface area contributed by atoms with E-state index in [9.17, 15) is 9.90 Å². The molecule has 76 valence electrons. The van der Waals surface area contributed by atoms with Gasteiger partial charge in [-0.1, -0.05) is 17.7 Å². The maximum Gasteiger partial charge on any atom is 0.137 e. The van der Waals surface area contributed by atoms with Gasteiger partial charge >= 0.3 is 0 Å². The van der Waals surface area contributed by atoms with Crippen LogP contribution in [0.5, 0.6) is 5.75 Å². The zero-order valence-electron chi connectivity index (χ0n) is 7.75. The summed E-state index contributed by atoms with van der Waals surface area (Å²) in [5, 5.41) is 10.7. The quantitative estimate of drug-likeness (QED) is 0.751. The van der Waals surface area contributed by atoms with Gasteiger partial charge in [-0.15, -0.1) is 0 Å². The molecule has 0 aromatic heterocycles. The molecule has 0 saturated carbocycles. The van der Waals surface area contributed by atoms with E-state index in [4.69, 9.17) is 16.3 Å². The number of rotatable bonds is 4. The Balaban J connectivity index is 2.83. The second-order valence-corrected chi connectivity index (χ2v) is 3.15. The van der Waals surface area contributed by atoms with Crippen molar-refractivity contribution in [3.05, 3.63) is 28.8 Å². The van der Waals surface area contributed by atoms with Gasteiger partial charge in [0.2, 0.25) is 0 Å². The predicted molar refractivity (Wildman–Crippen MR) is 51.3 cm³/mol. The number of ether oxygens (including phenoxy) is 1. The second-order valence-electron chi connectivity index (χ2n) is 2.75. The summed E-state index contributed by atoms with van der Waals surface area (Å²) in [5.41, 5.74) is 0.610. The Bertz CT molecular complexity index is 336. The van der Waals surface area contributed by atoms with E-state index in [1.54, 1.807) is 18.2 Å². The van der Waals surface area contributed by atoms with Crippen LogP contribution in [0.15, 0.2) is 18.2 Å².